The molecule has 0 atom stereocenters. The van der Waals surface area contributed by atoms with Crippen LogP contribution in [0.15, 0.2) is 24.3 Å². The third-order valence-corrected chi connectivity index (χ3v) is 3.51. The summed E-state index contributed by atoms with van der Waals surface area (Å²) in [4.78, 5) is 13.8. The van der Waals surface area contributed by atoms with Gasteiger partial charge >= 0.3 is 0 Å². The minimum atomic E-state index is -0.135. The van der Waals surface area contributed by atoms with Crippen LogP contribution in [-0.4, -0.2) is 50.7 Å². The summed E-state index contributed by atoms with van der Waals surface area (Å²) < 4.78 is 4.81. The zero-order valence-electron chi connectivity index (χ0n) is 12.2. The number of benzene rings is 1. The van der Waals surface area contributed by atoms with Gasteiger partial charge in [-0.25, -0.2) is 0 Å². The number of methoxy groups -OCH3 is 1. The highest BCUT2D eigenvalue weighted by Gasteiger charge is 2.16. The predicted molar refractivity (Wildman–Crippen MR) is 81.1 cm³/mol. The quantitative estimate of drug-likeness (QED) is 0.861. The fraction of sp³-hybridized carbons (Fsp3) is 0.533. The van der Waals surface area contributed by atoms with Gasteiger partial charge < -0.3 is 20.3 Å². The van der Waals surface area contributed by atoms with E-state index in [0.717, 1.165) is 37.3 Å². The van der Waals surface area contributed by atoms with E-state index in [9.17, 15) is 4.79 Å². The Labute approximate surface area is 120 Å². The van der Waals surface area contributed by atoms with Crippen molar-refractivity contribution < 1.29 is 9.53 Å². The zero-order valence-corrected chi connectivity index (χ0v) is 12.2. The normalized spacial score (nSPS) is 16.9. The van der Waals surface area contributed by atoms with Gasteiger partial charge in [0.15, 0.2) is 0 Å². The Hall–Kier alpha value is -1.59. The first-order valence-corrected chi connectivity index (χ1v) is 7.01. The van der Waals surface area contributed by atoms with Crippen LogP contribution in [0.2, 0.25) is 0 Å². The lowest BCUT2D eigenvalue weighted by atomic mass is 10.1. The molecule has 1 fully saturated rings. The average Bonchev–Trinajstić information content (AvgIpc) is 2.42. The summed E-state index contributed by atoms with van der Waals surface area (Å²) in [6.45, 7) is 2.33. The maximum absolute atomic E-state index is 11.5. The van der Waals surface area contributed by atoms with E-state index in [-0.39, 0.29) is 12.5 Å². The Kier molecular flexibility index (Phi) is 5.38. The lowest BCUT2D eigenvalue weighted by Crippen LogP contribution is -2.36. The molecule has 0 aliphatic carbocycles. The van der Waals surface area contributed by atoms with E-state index in [1.54, 1.807) is 0 Å². The lowest BCUT2D eigenvalue weighted by molar-refractivity contribution is -0.119. The molecule has 1 heterocycles. The van der Waals surface area contributed by atoms with Crippen LogP contribution in [0.25, 0.3) is 0 Å². The molecule has 1 amide bonds. The Bertz CT molecular complexity index is 442. The van der Waals surface area contributed by atoms with Crippen molar-refractivity contribution in [3.63, 3.8) is 0 Å². The van der Waals surface area contributed by atoms with Gasteiger partial charge in [-0.1, -0.05) is 6.07 Å². The van der Waals surface area contributed by atoms with E-state index in [4.69, 9.17) is 4.74 Å². The van der Waals surface area contributed by atoms with Gasteiger partial charge in [0, 0.05) is 24.5 Å². The van der Waals surface area contributed by atoms with E-state index in [0.29, 0.717) is 6.04 Å². The van der Waals surface area contributed by atoms with Gasteiger partial charge in [0.1, 0.15) is 6.61 Å². The van der Waals surface area contributed by atoms with Crippen molar-refractivity contribution in [1.29, 1.82) is 0 Å². The summed E-state index contributed by atoms with van der Waals surface area (Å²) in [6, 6.07) is 8.33. The van der Waals surface area contributed by atoms with E-state index in [1.165, 1.54) is 7.11 Å². The molecular weight excluding hydrogens is 254 g/mol. The number of anilines is 2. The molecule has 2 rings (SSSR count). The fourth-order valence-electron chi connectivity index (χ4n) is 2.40. The van der Waals surface area contributed by atoms with Crippen molar-refractivity contribution in [3.05, 3.63) is 24.3 Å². The summed E-state index contributed by atoms with van der Waals surface area (Å²) in [5.74, 6) is -0.135. The molecule has 0 aromatic heterocycles. The smallest absolute Gasteiger partial charge is 0.250 e. The van der Waals surface area contributed by atoms with Crippen LogP contribution in [0.5, 0.6) is 0 Å². The van der Waals surface area contributed by atoms with Gasteiger partial charge in [-0.05, 0) is 51.2 Å². The van der Waals surface area contributed by atoms with E-state index in [2.05, 4.69) is 22.6 Å². The summed E-state index contributed by atoms with van der Waals surface area (Å²) in [7, 11) is 3.67. The van der Waals surface area contributed by atoms with Gasteiger partial charge in [0.2, 0.25) is 5.91 Å². The molecule has 1 aliphatic rings. The highest BCUT2D eigenvalue weighted by atomic mass is 16.5. The molecule has 1 aromatic carbocycles. The van der Waals surface area contributed by atoms with E-state index < -0.39 is 0 Å². The van der Waals surface area contributed by atoms with Crippen molar-refractivity contribution in [1.82, 2.24) is 4.90 Å². The average molecular weight is 277 g/mol. The van der Waals surface area contributed by atoms with Crippen molar-refractivity contribution in [2.45, 2.75) is 18.9 Å². The Morgan fingerprint density at radius 2 is 2.05 bits per heavy atom. The summed E-state index contributed by atoms with van der Waals surface area (Å²) in [6.07, 6.45) is 2.30. The van der Waals surface area contributed by atoms with Gasteiger partial charge in [0.25, 0.3) is 0 Å². The highest BCUT2D eigenvalue weighted by molar-refractivity contribution is 5.92. The number of nitrogens with one attached hydrogen (secondary N) is 2. The van der Waals surface area contributed by atoms with Crippen molar-refractivity contribution in [2.24, 2.45) is 0 Å². The molecule has 1 aliphatic heterocycles. The number of amides is 1. The number of piperidine rings is 1. The van der Waals surface area contributed by atoms with Crippen LogP contribution in [0, 0.1) is 0 Å². The van der Waals surface area contributed by atoms with Crippen LogP contribution in [0.3, 0.4) is 0 Å². The summed E-state index contributed by atoms with van der Waals surface area (Å²) >= 11 is 0. The maximum Gasteiger partial charge on any atom is 0.250 e. The molecular formula is C15H23N3O2. The van der Waals surface area contributed by atoms with Gasteiger partial charge in [0.05, 0.1) is 0 Å². The van der Waals surface area contributed by atoms with Crippen LogP contribution >= 0.6 is 0 Å². The molecule has 0 spiro atoms. The van der Waals surface area contributed by atoms with E-state index >= 15 is 0 Å². The van der Waals surface area contributed by atoms with Gasteiger partial charge in [-0.3, -0.25) is 4.79 Å². The molecule has 110 valence electrons. The Morgan fingerprint density at radius 3 is 2.75 bits per heavy atom. The number of rotatable bonds is 5. The number of carbonyl (C=O) groups excluding carboxylic acids is 1. The molecule has 0 radical (unpaired) electrons. The standard InChI is InChI=1S/C15H23N3O2/c1-18-8-6-12(7-9-18)16-13-4-3-5-14(10-13)17-15(19)11-20-2/h3-5,10,12,16H,6-9,11H2,1-2H3,(H,17,19). The third-order valence-electron chi connectivity index (χ3n) is 3.51. The summed E-state index contributed by atoms with van der Waals surface area (Å²) in [5, 5.41) is 6.35. The van der Waals surface area contributed by atoms with Crippen molar-refractivity contribution >= 4 is 17.3 Å². The second-order valence-corrected chi connectivity index (χ2v) is 5.28. The highest BCUT2D eigenvalue weighted by Crippen LogP contribution is 2.19. The molecule has 5 heteroatoms. The molecule has 1 aromatic rings. The maximum atomic E-state index is 11.5. The fourth-order valence-corrected chi connectivity index (χ4v) is 2.40. The van der Waals surface area contributed by atoms with E-state index in [1.807, 2.05) is 24.3 Å². The monoisotopic (exact) mass is 277 g/mol. The molecule has 5 nitrogen and oxygen atoms in total. The second-order valence-electron chi connectivity index (χ2n) is 5.28. The third kappa shape index (κ3) is 4.51. The number of carbonyl (C=O) groups is 1. The van der Waals surface area contributed by atoms with Crippen LogP contribution in [0.1, 0.15) is 12.8 Å². The molecule has 2 N–H and O–H groups in total. The minimum absolute atomic E-state index is 0.0760. The van der Waals surface area contributed by atoms with Crippen LogP contribution < -0.4 is 10.6 Å². The van der Waals surface area contributed by atoms with Crippen molar-refractivity contribution in [3.8, 4) is 0 Å². The minimum Gasteiger partial charge on any atom is -0.382 e. The zero-order chi connectivity index (χ0) is 14.4. The molecule has 0 saturated carbocycles. The Morgan fingerprint density at radius 1 is 1.35 bits per heavy atom. The number of hydrogen-bond donors (Lipinski definition) is 2. The Balaban J connectivity index is 1.90. The topological polar surface area (TPSA) is 53.6 Å². The molecule has 1 saturated heterocycles. The van der Waals surface area contributed by atoms with Gasteiger partial charge in [-0.2, -0.15) is 0 Å². The molecule has 0 unspecified atom stereocenters. The first-order valence-electron chi connectivity index (χ1n) is 7.01. The number of likely N-dealkylation sites (tertiary alicyclic amines) is 1. The first kappa shape index (κ1) is 14.8. The number of ether oxygens (including phenoxy) is 1. The molecule has 0 bridgehead atoms. The SMILES string of the molecule is COCC(=O)Nc1cccc(NC2CCN(C)CC2)c1. The summed E-state index contributed by atoms with van der Waals surface area (Å²) in [5.41, 5.74) is 1.85. The van der Waals surface area contributed by atoms with Crippen molar-refractivity contribution in [2.75, 3.05) is 44.5 Å². The predicted octanol–water partition coefficient (Wildman–Crippen LogP) is 1.78. The second kappa shape index (κ2) is 7.26. The lowest BCUT2D eigenvalue weighted by Gasteiger charge is -2.30. The molecule has 20 heavy (non-hydrogen) atoms. The van der Waals surface area contributed by atoms with Gasteiger partial charge in [-0.15, -0.1) is 0 Å². The van der Waals surface area contributed by atoms with Crippen LogP contribution in [0.4, 0.5) is 11.4 Å². The first-order chi connectivity index (χ1) is 9.67. The largest absolute Gasteiger partial charge is 0.382 e. The number of hydrogen-bond acceptors (Lipinski definition) is 4. The number of nitrogens with zero attached hydrogens (tertiary/aromatic N) is 1. The van der Waals surface area contributed by atoms with Crippen LogP contribution in [-0.2, 0) is 9.53 Å².